The lowest BCUT2D eigenvalue weighted by Gasteiger charge is -2.37. The zero-order valence-electron chi connectivity index (χ0n) is 18.7. The molecule has 0 spiro atoms. The second-order valence-corrected chi connectivity index (χ2v) is 9.55. The summed E-state index contributed by atoms with van der Waals surface area (Å²) in [5.41, 5.74) is 2.53. The van der Waals surface area contributed by atoms with Crippen LogP contribution in [-0.4, -0.2) is 53.0 Å². The minimum Gasteiger partial charge on any atom is -0.490 e. The Kier molecular flexibility index (Phi) is 6.83. The topological polar surface area (TPSA) is 45.7 Å². The first-order valence-electron chi connectivity index (χ1n) is 11.3. The number of aromatic nitrogens is 1. The van der Waals surface area contributed by atoms with E-state index in [0.29, 0.717) is 17.7 Å². The molecule has 2 aromatic rings. The molecule has 1 aliphatic carbocycles. The first kappa shape index (κ1) is 22.1. The Morgan fingerprint density at radius 3 is 2.77 bits per heavy atom. The Balaban J connectivity index is 1.24. The smallest absolute Gasteiger partial charge is 0.272 e. The molecule has 1 aromatic carbocycles. The van der Waals surface area contributed by atoms with Crippen LogP contribution >= 0.6 is 11.6 Å². The number of aryl methyl sites for hydroxylation is 1. The van der Waals surface area contributed by atoms with E-state index in [4.69, 9.17) is 16.3 Å². The van der Waals surface area contributed by atoms with Gasteiger partial charge >= 0.3 is 0 Å². The van der Waals surface area contributed by atoms with Crippen LogP contribution in [0.4, 0.5) is 0 Å². The molecular formula is C25H32ClN3O2. The third-order valence-corrected chi connectivity index (χ3v) is 6.92. The third-order valence-electron chi connectivity index (χ3n) is 6.57. The van der Waals surface area contributed by atoms with E-state index in [-0.39, 0.29) is 12.0 Å². The van der Waals surface area contributed by atoms with E-state index in [1.54, 1.807) is 11.0 Å². The second-order valence-electron chi connectivity index (χ2n) is 9.14. The summed E-state index contributed by atoms with van der Waals surface area (Å²) in [5.74, 6) is 1.26. The van der Waals surface area contributed by atoms with Gasteiger partial charge in [0, 0.05) is 36.9 Å². The van der Waals surface area contributed by atoms with Gasteiger partial charge in [-0.3, -0.25) is 9.69 Å². The molecule has 6 heteroatoms. The molecule has 2 aliphatic rings. The normalized spacial score (nSPS) is 23.4. The van der Waals surface area contributed by atoms with Crippen molar-refractivity contribution >= 4 is 17.5 Å². The van der Waals surface area contributed by atoms with Crippen molar-refractivity contribution in [3.8, 4) is 5.75 Å². The summed E-state index contributed by atoms with van der Waals surface area (Å²) in [4.78, 5) is 21.2. The summed E-state index contributed by atoms with van der Waals surface area (Å²) in [7, 11) is 1.85. The van der Waals surface area contributed by atoms with Gasteiger partial charge in [-0.2, -0.15) is 0 Å². The van der Waals surface area contributed by atoms with E-state index >= 15 is 0 Å². The number of benzene rings is 1. The minimum atomic E-state index is -0.0252. The third kappa shape index (κ3) is 5.39. The number of likely N-dealkylation sites (tertiary alicyclic amines) is 1. The summed E-state index contributed by atoms with van der Waals surface area (Å²) in [6, 6.07) is 12.3. The zero-order valence-corrected chi connectivity index (χ0v) is 19.4. The number of hydrogen-bond donors (Lipinski definition) is 0. The standard InChI is InChI=1S/C25H32ClN3O2/c1-17-6-4-8-24(27-17)25(30)28(3)15-19-12-22(13-19)31-21-10-9-20(23(26)14-21)16-29-11-5-7-18(29)2/h4,6,8-10,14,18-19,22H,5,7,11-13,15-16H2,1-3H3/t18-,19?,22?/m0/s1. The predicted molar refractivity (Wildman–Crippen MR) is 124 cm³/mol. The zero-order chi connectivity index (χ0) is 22.0. The SMILES string of the molecule is Cc1cccc(C(=O)N(C)CC2CC(Oc3ccc(CN4CCC[C@@H]4C)c(Cl)c3)C2)n1. The lowest BCUT2D eigenvalue weighted by atomic mass is 9.82. The minimum absolute atomic E-state index is 0.0252. The van der Waals surface area contributed by atoms with Gasteiger partial charge in [-0.1, -0.05) is 23.7 Å². The number of halogens is 1. The van der Waals surface area contributed by atoms with E-state index in [0.717, 1.165) is 48.9 Å². The number of pyridine rings is 1. The summed E-state index contributed by atoms with van der Waals surface area (Å²) in [5, 5.41) is 0.781. The summed E-state index contributed by atoms with van der Waals surface area (Å²) in [6.07, 6.45) is 4.62. The van der Waals surface area contributed by atoms with Crippen molar-refractivity contribution in [3.63, 3.8) is 0 Å². The van der Waals surface area contributed by atoms with Gasteiger partial charge < -0.3 is 9.64 Å². The van der Waals surface area contributed by atoms with Crippen LogP contribution in [0, 0.1) is 12.8 Å². The molecule has 0 bridgehead atoms. The Morgan fingerprint density at radius 2 is 2.10 bits per heavy atom. The summed E-state index contributed by atoms with van der Waals surface area (Å²) in [6.45, 7) is 6.96. The van der Waals surface area contributed by atoms with Gasteiger partial charge in [-0.05, 0) is 81.8 Å². The maximum atomic E-state index is 12.6. The van der Waals surface area contributed by atoms with Crippen molar-refractivity contribution in [2.75, 3.05) is 20.1 Å². The Morgan fingerprint density at radius 1 is 1.29 bits per heavy atom. The number of hydrogen-bond acceptors (Lipinski definition) is 4. The summed E-state index contributed by atoms with van der Waals surface area (Å²) < 4.78 is 6.14. The van der Waals surface area contributed by atoms with E-state index in [1.165, 1.54) is 18.4 Å². The van der Waals surface area contributed by atoms with Gasteiger partial charge in [0.05, 0.1) is 6.10 Å². The van der Waals surface area contributed by atoms with Crippen molar-refractivity contribution in [1.29, 1.82) is 0 Å². The van der Waals surface area contributed by atoms with Gasteiger partial charge in [-0.25, -0.2) is 4.98 Å². The second kappa shape index (κ2) is 9.58. The van der Waals surface area contributed by atoms with Gasteiger partial charge in [0.25, 0.3) is 5.91 Å². The molecule has 1 aromatic heterocycles. The molecule has 1 atom stereocenters. The van der Waals surface area contributed by atoms with E-state index in [2.05, 4.69) is 22.9 Å². The van der Waals surface area contributed by atoms with Crippen LogP contribution in [0.3, 0.4) is 0 Å². The van der Waals surface area contributed by atoms with Crippen LogP contribution in [0.1, 0.15) is 54.4 Å². The van der Waals surface area contributed by atoms with Crippen molar-refractivity contribution < 1.29 is 9.53 Å². The summed E-state index contributed by atoms with van der Waals surface area (Å²) >= 11 is 6.55. The molecule has 0 unspecified atom stereocenters. The van der Waals surface area contributed by atoms with Gasteiger partial charge in [-0.15, -0.1) is 0 Å². The number of carbonyl (C=O) groups is 1. The molecule has 1 aliphatic heterocycles. The van der Waals surface area contributed by atoms with Gasteiger partial charge in [0.2, 0.25) is 0 Å². The number of rotatable bonds is 7. The number of amides is 1. The van der Waals surface area contributed by atoms with Gasteiger partial charge in [0.1, 0.15) is 11.4 Å². The first-order chi connectivity index (χ1) is 14.9. The molecule has 2 fully saturated rings. The Labute approximate surface area is 190 Å². The molecule has 4 rings (SSSR count). The maximum absolute atomic E-state index is 12.6. The average Bonchev–Trinajstić information content (AvgIpc) is 3.12. The highest BCUT2D eigenvalue weighted by Crippen LogP contribution is 2.34. The van der Waals surface area contributed by atoms with Crippen molar-refractivity contribution in [1.82, 2.24) is 14.8 Å². The van der Waals surface area contributed by atoms with Crippen molar-refractivity contribution in [2.24, 2.45) is 5.92 Å². The van der Waals surface area contributed by atoms with Crippen LogP contribution in [0.5, 0.6) is 5.75 Å². The molecule has 0 N–H and O–H groups in total. The van der Waals surface area contributed by atoms with Crippen LogP contribution in [0.15, 0.2) is 36.4 Å². The quantitative estimate of drug-likeness (QED) is 0.609. The lowest BCUT2D eigenvalue weighted by Crippen LogP contribution is -2.42. The number of ether oxygens (including phenoxy) is 1. The Hall–Kier alpha value is -2.11. The molecule has 0 radical (unpaired) electrons. The molecule has 2 heterocycles. The van der Waals surface area contributed by atoms with E-state index < -0.39 is 0 Å². The van der Waals surface area contributed by atoms with Crippen molar-refractivity contribution in [3.05, 3.63) is 58.4 Å². The van der Waals surface area contributed by atoms with Crippen LogP contribution in [0.2, 0.25) is 5.02 Å². The van der Waals surface area contributed by atoms with Gasteiger partial charge in [0.15, 0.2) is 0 Å². The highest BCUT2D eigenvalue weighted by Gasteiger charge is 2.33. The number of nitrogens with zero attached hydrogens (tertiary/aromatic N) is 3. The van der Waals surface area contributed by atoms with Crippen LogP contribution in [-0.2, 0) is 6.54 Å². The monoisotopic (exact) mass is 441 g/mol. The fraction of sp³-hybridized carbons (Fsp3) is 0.520. The maximum Gasteiger partial charge on any atom is 0.272 e. The molecular weight excluding hydrogens is 410 g/mol. The number of carbonyl (C=O) groups excluding carboxylic acids is 1. The highest BCUT2D eigenvalue weighted by molar-refractivity contribution is 6.31. The first-order valence-corrected chi connectivity index (χ1v) is 11.6. The van der Waals surface area contributed by atoms with E-state index in [9.17, 15) is 4.79 Å². The van der Waals surface area contributed by atoms with Crippen molar-refractivity contribution in [2.45, 2.75) is 58.2 Å². The largest absolute Gasteiger partial charge is 0.490 e. The van der Waals surface area contributed by atoms with E-state index in [1.807, 2.05) is 38.2 Å². The molecule has 1 saturated heterocycles. The Bertz CT molecular complexity index is 929. The molecule has 31 heavy (non-hydrogen) atoms. The predicted octanol–water partition coefficient (Wildman–Crippen LogP) is 4.96. The molecule has 166 valence electrons. The van der Waals surface area contributed by atoms with Crippen LogP contribution < -0.4 is 4.74 Å². The average molecular weight is 442 g/mol. The fourth-order valence-corrected chi connectivity index (χ4v) is 4.85. The molecule has 1 saturated carbocycles. The lowest BCUT2D eigenvalue weighted by molar-refractivity contribution is 0.0417. The molecule has 1 amide bonds. The molecule has 5 nitrogen and oxygen atoms in total. The van der Waals surface area contributed by atoms with Crippen LogP contribution in [0.25, 0.3) is 0 Å². The highest BCUT2D eigenvalue weighted by atomic mass is 35.5. The fourth-order valence-electron chi connectivity index (χ4n) is 4.62.